The minimum absolute atomic E-state index is 0.326. The number of hydrogen-bond donors (Lipinski definition) is 2. The molecule has 0 spiro atoms. The highest BCUT2D eigenvalue weighted by molar-refractivity contribution is 4.63. The van der Waals surface area contributed by atoms with Gasteiger partial charge in [0.05, 0.1) is 5.60 Å². The van der Waals surface area contributed by atoms with Crippen molar-refractivity contribution >= 4 is 0 Å². The predicted molar refractivity (Wildman–Crippen MR) is 63.4 cm³/mol. The molecular weight excluding hydrogens is 176 g/mol. The average molecular weight is 204 g/mol. The van der Waals surface area contributed by atoms with Crippen molar-refractivity contribution in [2.45, 2.75) is 46.1 Å². The molecule has 0 saturated carbocycles. The summed E-state index contributed by atoms with van der Waals surface area (Å²) in [6.07, 6.45) is 2.83. The molecule has 1 saturated heterocycles. The van der Waals surface area contributed by atoms with Crippen molar-refractivity contribution in [2.24, 2.45) is 5.73 Å². The quantitative estimate of drug-likeness (QED) is 0.680. The molecular formula is C11H28N2O. The molecule has 14 heavy (non-hydrogen) atoms. The molecule has 3 heteroatoms. The van der Waals surface area contributed by atoms with Gasteiger partial charge in [0.25, 0.3) is 0 Å². The SMILES string of the molecule is CC.CC(C)(O)CN.CN1CCCC1. The lowest BCUT2D eigenvalue weighted by atomic mass is 10.1. The number of rotatable bonds is 1. The second kappa shape index (κ2) is 9.44. The Morgan fingerprint density at radius 3 is 1.57 bits per heavy atom. The Morgan fingerprint density at radius 1 is 1.21 bits per heavy atom. The van der Waals surface area contributed by atoms with Gasteiger partial charge < -0.3 is 15.7 Å². The molecule has 0 unspecified atom stereocenters. The first kappa shape index (κ1) is 16.3. The minimum atomic E-state index is -0.681. The number of nitrogens with two attached hydrogens (primary N) is 1. The van der Waals surface area contributed by atoms with E-state index in [1.807, 2.05) is 13.8 Å². The van der Waals surface area contributed by atoms with Crippen LogP contribution in [-0.4, -0.2) is 42.3 Å². The average Bonchev–Trinajstić information content (AvgIpc) is 2.59. The van der Waals surface area contributed by atoms with Gasteiger partial charge in [-0.05, 0) is 46.8 Å². The highest BCUT2D eigenvalue weighted by atomic mass is 16.3. The lowest BCUT2D eigenvalue weighted by Crippen LogP contribution is -2.29. The lowest BCUT2D eigenvalue weighted by molar-refractivity contribution is 0.0898. The summed E-state index contributed by atoms with van der Waals surface area (Å²) in [7, 11) is 2.17. The van der Waals surface area contributed by atoms with Crippen LogP contribution in [0.2, 0.25) is 0 Å². The van der Waals surface area contributed by atoms with Crippen LogP contribution in [0.5, 0.6) is 0 Å². The third-order valence-corrected chi connectivity index (χ3v) is 1.83. The largest absolute Gasteiger partial charge is 0.389 e. The number of hydrogen-bond acceptors (Lipinski definition) is 3. The molecule has 3 nitrogen and oxygen atoms in total. The molecule has 0 amide bonds. The Kier molecular flexibility index (Phi) is 11.0. The van der Waals surface area contributed by atoms with Crippen molar-refractivity contribution in [3.8, 4) is 0 Å². The van der Waals surface area contributed by atoms with E-state index < -0.39 is 5.60 Å². The van der Waals surface area contributed by atoms with E-state index in [4.69, 9.17) is 10.8 Å². The van der Waals surface area contributed by atoms with Gasteiger partial charge in [-0.15, -0.1) is 0 Å². The van der Waals surface area contributed by atoms with Crippen LogP contribution in [0.25, 0.3) is 0 Å². The van der Waals surface area contributed by atoms with E-state index >= 15 is 0 Å². The topological polar surface area (TPSA) is 49.5 Å². The van der Waals surface area contributed by atoms with E-state index in [0.29, 0.717) is 6.54 Å². The molecule has 0 aliphatic carbocycles. The summed E-state index contributed by atoms with van der Waals surface area (Å²) in [4.78, 5) is 2.36. The van der Waals surface area contributed by atoms with Crippen LogP contribution in [0, 0.1) is 0 Å². The normalized spacial score (nSPS) is 16.5. The zero-order chi connectivity index (χ0) is 11.6. The van der Waals surface area contributed by atoms with Crippen molar-refractivity contribution in [1.29, 1.82) is 0 Å². The van der Waals surface area contributed by atoms with Gasteiger partial charge in [0.15, 0.2) is 0 Å². The third-order valence-electron chi connectivity index (χ3n) is 1.83. The molecule has 0 aromatic carbocycles. The third kappa shape index (κ3) is 14.4. The van der Waals surface area contributed by atoms with Gasteiger partial charge in [-0.2, -0.15) is 0 Å². The van der Waals surface area contributed by atoms with Crippen molar-refractivity contribution in [3.63, 3.8) is 0 Å². The summed E-state index contributed by atoms with van der Waals surface area (Å²) in [5.41, 5.74) is 4.38. The van der Waals surface area contributed by atoms with E-state index in [9.17, 15) is 0 Å². The first-order chi connectivity index (χ1) is 6.45. The monoisotopic (exact) mass is 204 g/mol. The Hall–Kier alpha value is -0.120. The first-order valence-electron chi connectivity index (χ1n) is 5.57. The highest BCUT2D eigenvalue weighted by Gasteiger charge is 2.06. The second-order valence-electron chi connectivity index (χ2n) is 4.03. The van der Waals surface area contributed by atoms with Crippen molar-refractivity contribution in [2.75, 3.05) is 26.7 Å². The van der Waals surface area contributed by atoms with Crippen LogP contribution >= 0.6 is 0 Å². The number of aliphatic hydroxyl groups is 1. The standard InChI is InChI=1S/C5H11N.C4H11NO.C2H6/c1-6-4-2-3-5-6;1-4(2,6)3-5;1-2/h2-5H2,1H3;6H,3,5H2,1-2H3;1-2H3. The summed E-state index contributed by atoms with van der Waals surface area (Å²) in [6, 6.07) is 0. The summed E-state index contributed by atoms with van der Waals surface area (Å²) >= 11 is 0. The van der Waals surface area contributed by atoms with E-state index in [-0.39, 0.29) is 0 Å². The van der Waals surface area contributed by atoms with Gasteiger partial charge in [-0.1, -0.05) is 13.8 Å². The Labute approximate surface area is 89.3 Å². The van der Waals surface area contributed by atoms with Gasteiger partial charge in [-0.25, -0.2) is 0 Å². The Morgan fingerprint density at radius 2 is 1.50 bits per heavy atom. The fourth-order valence-electron chi connectivity index (χ4n) is 0.875. The summed E-state index contributed by atoms with van der Waals surface area (Å²) in [5.74, 6) is 0. The van der Waals surface area contributed by atoms with Gasteiger partial charge in [-0.3, -0.25) is 0 Å². The van der Waals surface area contributed by atoms with E-state index in [1.165, 1.54) is 25.9 Å². The second-order valence-corrected chi connectivity index (χ2v) is 4.03. The number of likely N-dealkylation sites (tertiary alicyclic amines) is 1. The van der Waals surface area contributed by atoms with E-state index in [0.717, 1.165) is 0 Å². The van der Waals surface area contributed by atoms with Gasteiger partial charge in [0.1, 0.15) is 0 Å². The molecule has 1 rings (SSSR count). The highest BCUT2D eigenvalue weighted by Crippen LogP contribution is 2.02. The molecule has 0 bridgehead atoms. The van der Waals surface area contributed by atoms with Crippen LogP contribution in [0.3, 0.4) is 0 Å². The van der Waals surface area contributed by atoms with Gasteiger partial charge in [0.2, 0.25) is 0 Å². The summed E-state index contributed by atoms with van der Waals surface area (Å²) in [5, 5.41) is 8.70. The van der Waals surface area contributed by atoms with Crippen LogP contribution in [-0.2, 0) is 0 Å². The van der Waals surface area contributed by atoms with E-state index in [1.54, 1.807) is 13.8 Å². The molecule has 1 heterocycles. The summed E-state index contributed by atoms with van der Waals surface area (Å²) < 4.78 is 0. The fourth-order valence-corrected chi connectivity index (χ4v) is 0.875. The smallest absolute Gasteiger partial charge is 0.0713 e. The van der Waals surface area contributed by atoms with Crippen molar-refractivity contribution < 1.29 is 5.11 Å². The fraction of sp³-hybridized carbons (Fsp3) is 1.00. The van der Waals surface area contributed by atoms with Crippen LogP contribution in [0.15, 0.2) is 0 Å². The molecule has 3 N–H and O–H groups in total. The molecule has 0 aromatic heterocycles. The Balaban J connectivity index is 0. The summed E-state index contributed by atoms with van der Waals surface area (Å²) in [6.45, 7) is 10.3. The molecule has 0 radical (unpaired) electrons. The van der Waals surface area contributed by atoms with Crippen LogP contribution in [0.1, 0.15) is 40.5 Å². The van der Waals surface area contributed by atoms with Crippen LogP contribution < -0.4 is 5.73 Å². The van der Waals surface area contributed by atoms with E-state index in [2.05, 4.69) is 11.9 Å². The zero-order valence-corrected chi connectivity index (χ0v) is 10.5. The maximum absolute atomic E-state index is 8.70. The molecule has 1 fully saturated rings. The molecule has 88 valence electrons. The zero-order valence-electron chi connectivity index (χ0n) is 10.5. The maximum atomic E-state index is 8.70. The Bertz CT molecular complexity index is 104. The molecule has 1 aliphatic heterocycles. The van der Waals surface area contributed by atoms with Crippen LogP contribution in [0.4, 0.5) is 0 Å². The number of nitrogens with zero attached hydrogens (tertiary/aromatic N) is 1. The predicted octanol–water partition coefficient (Wildman–Crippen LogP) is 1.45. The minimum Gasteiger partial charge on any atom is -0.389 e. The first-order valence-corrected chi connectivity index (χ1v) is 5.57. The van der Waals surface area contributed by atoms with Gasteiger partial charge >= 0.3 is 0 Å². The van der Waals surface area contributed by atoms with Gasteiger partial charge in [0, 0.05) is 6.54 Å². The van der Waals surface area contributed by atoms with Crippen molar-refractivity contribution in [3.05, 3.63) is 0 Å². The molecule has 0 atom stereocenters. The lowest BCUT2D eigenvalue weighted by Gasteiger charge is -2.11. The van der Waals surface area contributed by atoms with Crippen molar-refractivity contribution in [1.82, 2.24) is 4.90 Å². The molecule has 0 aromatic rings. The maximum Gasteiger partial charge on any atom is 0.0713 e. The molecule has 1 aliphatic rings.